The Bertz CT molecular complexity index is 515. The highest BCUT2D eigenvalue weighted by Crippen LogP contribution is 2.07. The summed E-state index contributed by atoms with van der Waals surface area (Å²) in [5.74, 6) is -0.187. The first-order valence-corrected chi connectivity index (χ1v) is 6.55. The van der Waals surface area contributed by atoms with Gasteiger partial charge in [-0.2, -0.15) is 0 Å². The monoisotopic (exact) mass is 254 g/mol. The number of rotatable bonds is 5. The molecule has 19 heavy (non-hydrogen) atoms. The van der Waals surface area contributed by atoms with Crippen LogP contribution in [0.5, 0.6) is 0 Å². The molecule has 0 aromatic heterocycles. The van der Waals surface area contributed by atoms with Crippen molar-refractivity contribution >= 4 is 5.97 Å². The first-order valence-electron chi connectivity index (χ1n) is 6.55. The van der Waals surface area contributed by atoms with E-state index in [9.17, 15) is 4.79 Å². The third-order valence-corrected chi connectivity index (χ3v) is 3.02. The van der Waals surface area contributed by atoms with Gasteiger partial charge >= 0.3 is 5.97 Å². The smallest absolute Gasteiger partial charge is 0.310 e. The maximum Gasteiger partial charge on any atom is 0.310 e. The van der Waals surface area contributed by atoms with Gasteiger partial charge in [0.15, 0.2) is 0 Å². The highest BCUT2D eigenvalue weighted by Gasteiger charge is 2.05. The Hall–Kier alpha value is -2.09. The van der Waals surface area contributed by atoms with Crippen molar-refractivity contribution in [2.45, 2.75) is 26.4 Å². The Morgan fingerprint density at radius 3 is 2.16 bits per heavy atom. The lowest BCUT2D eigenvalue weighted by Crippen LogP contribution is -2.07. The van der Waals surface area contributed by atoms with Gasteiger partial charge in [-0.15, -0.1) is 0 Å². The van der Waals surface area contributed by atoms with Crippen molar-refractivity contribution in [2.24, 2.45) is 0 Å². The summed E-state index contributed by atoms with van der Waals surface area (Å²) in [5.41, 5.74) is 3.29. The lowest BCUT2D eigenvalue weighted by atomic mass is 10.1. The molecule has 0 saturated carbocycles. The summed E-state index contributed by atoms with van der Waals surface area (Å²) >= 11 is 0. The van der Waals surface area contributed by atoms with E-state index in [0.29, 0.717) is 13.0 Å². The van der Waals surface area contributed by atoms with Crippen LogP contribution in [0.15, 0.2) is 54.6 Å². The summed E-state index contributed by atoms with van der Waals surface area (Å²) in [6.45, 7) is 2.45. The molecule has 0 saturated heterocycles. The van der Waals surface area contributed by atoms with Crippen molar-refractivity contribution in [3.05, 3.63) is 71.3 Å². The van der Waals surface area contributed by atoms with E-state index < -0.39 is 0 Å². The molecule has 98 valence electrons. The van der Waals surface area contributed by atoms with E-state index in [1.165, 1.54) is 5.56 Å². The van der Waals surface area contributed by atoms with Gasteiger partial charge in [0.25, 0.3) is 0 Å². The molecule has 0 unspecified atom stereocenters. The van der Waals surface area contributed by atoms with Gasteiger partial charge in [-0.25, -0.2) is 0 Å². The molecular weight excluding hydrogens is 236 g/mol. The summed E-state index contributed by atoms with van der Waals surface area (Å²) in [5, 5.41) is 0. The maximum absolute atomic E-state index is 11.7. The van der Waals surface area contributed by atoms with Gasteiger partial charge in [0.2, 0.25) is 0 Å². The molecule has 0 aliphatic heterocycles. The largest absolute Gasteiger partial charge is 0.461 e. The number of carbonyl (C=O) groups is 1. The molecule has 2 heteroatoms. The molecule has 0 aliphatic rings. The van der Waals surface area contributed by atoms with Crippen molar-refractivity contribution < 1.29 is 9.53 Å². The summed E-state index contributed by atoms with van der Waals surface area (Å²) in [7, 11) is 0. The standard InChI is InChI=1S/C17H18O2/c1-2-14-8-10-15(11-9-14)12-17(18)19-13-16-6-4-3-5-7-16/h3-11H,2,12-13H2,1H3. The number of ether oxygens (including phenoxy) is 1. The van der Waals surface area contributed by atoms with Gasteiger partial charge in [-0.05, 0) is 23.1 Å². The molecule has 2 nitrogen and oxygen atoms in total. The Morgan fingerprint density at radius 1 is 0.895 bits per heavy atom. The molecule has 0 amide bonds. The second kappa shape index (κ2) is 6.74. The fourth-order valence-corrected chi connectivity index (χ4v) is 1.85. The van der Waals surface area contributed by atoms with E-state index >= 15 is 0 Å². The number of aryl methyl sites for hydroxylation is 1. The van der Waals surface area contributed by atoms with E-state index in [-0.39, 0.29) is 5.97 Å². The summed E-state index contributed by atoms with van der Waals surface area (Å²) < 4.78 is 5.25. The normalized spacial score (nSPS) is 10.2. The van der Waals surface area contributed by atoms with Gasteiger partial charge in [-0.3, -0.25) is 4.79 Å². The highest BCUT2D eigenvalue weighted by molar-refractivity contribution is 5.72. The number of benzene rings is 2. The average molecular weight is 254 g/mol. The number of carbonyl (C=O) groups excluding carboxylic acids is 1. The first-order chi connectivity index (χ1) is 9.28. The van der Waals surface area contributed by atoms with Gasteiger partial charge < -0.3 is 4.74 Å². The third-order valence-electron chi connectivity index (χ3n) is 3.02. The molecule has 0 fully saturated rings. The highest BCUT2D eigenvalue weighted by atomic mass is 16.5. The van der Waals surface area contributed by atoms with Crippen molar-refractivity contribution in [3.8, 4) is 0 Å². The van der Waals surface area contributed by atoms with E-state index in [2.05, 4.69) is 19.1 Å². The minimum absolute atomic E-state index is 0.187. The van der Waals surface area contributed by atoms with Crippen LogP contribution >= 0.6 is 0 Å². The molecule has 0 atom stereocenters. The quantitative estimate of drug-likeness (QED) is 0.763. The molecule has 0 aliphatic carbocycles. The fourth-order valence-electron chi connectivity index (χ4n) is 1.85. The zero-order chi connectivity index (χ0) is 13.5. The maximum atomic E-state index is 11.7. The molecule has 0 bridgehead atoms. The summed E-state index contributed by atoms with van der Waals surface area (Å²) in [6, 6.07) is 17.8. The Kier molecular flexibility index (Phi) is 4.73. The lowest BCUT2D eigenvalue weighted by molar-refractivity contribution is -0.144. The molecule has 0 spiro atoms. The zero-order valence-corrected chi connectivity index (χ0v) is 11.1. The molecule has 0 heterocycles. The zero-order valence-electron chi connectivity index (χ0n) is 11.1. The van der Waals surface area contributed by atoms with Crippen LogP contribution in [-0.2, 0) is 29.0 Å². The predicted molar refractivity (Wildman–Crippen MR) is 75.8 cm³/mol. The Morgan fingerprint density at radius 2 is 1.53 bits per heavy atom. The first kappa shape index (κ1) is 13.3. The predicted octanol–water partition coefficient (Wildman–Crippen LogP) is 3.53. The molecule has 2 aromatic rings. The second-order valence-electron chi connectivity index (χ2n) is 4.49. The molecule has 2 aromatic carbocycles. The van der Waals surface area contributed by atoms with Crippen LogP contribution in [0.3, 0.4) is 0 Å². The van der Waals surface area contributed by atoms with Gasteiger partial charge in [-0.1, -0.05) is 61.5 Å². The molecular formula is C17H18O2. The van der Waals surface area contributed by atoms with Crippen LogP contribution in [0.4, 0.5) is 0 Å². The summed E-state index contributed by atoms with van der Waals surface area (Å²) in [6.07, 6.45) is 1.34. The number of hydrogen-bond donors (Lipinski definition) is 0. The van der Waals surface area contributed by atoms with Gasteiger partial charge in [0.1, 0.15) is 6.61 Å². The van der Waals surface area contributed by atoms with Crippen LogP contribution in [-0.4, -0.2) is 5.97 Å². The molecule has 0 radical (unpaired) electrons. The van der Waals surface area contributed by atoms with Crippen molar-refractivity contribution in [1.29, 1.82) is 0 Å². The summed E-state index contributed by atoms with van der Waals surface area (Å²) in [4.78, 5) is 11.7. The van der Waals surface area contributed by atoms with E-state index in [1.54, 1.807) is 0 Å². The Labute approximate surface area is 114 Å². The van der Waals surface area contributed by atoms with E-state index in [1.807, 2.05) is 42.5 Å². The topological polar surface area (TPSA) is 26.3 Å². The van der Waals surface area contributed by atoms with E-state index in [4.69, 9.17) is 4.74 Å². The lowest BCUT2D eigenvalue weighted by Gasteiger charge is -2.05. The van der Waals surface area contributed by atoms with Crippen LogP contribution in [0.1, 0.15) is 23.6 Å². The van der Waals surface area contributed by atoms with Crippen molar-refractivity contribution in [1.82, 2.24) is 0 Å². The van der Waals surface area contributed by atoms with Crippen molar-refractivity contribution in [3.63, 3.8) is 0 Å². The van der Waals surface area contributed by atoms with Gasteiger partial charge in [0.05, 0.1) is 6.42 Å². The number of hydrogen-bond acceptors (Lipinski definition) is 2. The minimum atomic E-state index is -0.187. The third kappa shape index (κ3) is 4.25. The van der Waals surface area contributed by atoms with Crippen LogP contribution in [0.2, 0.25) is 0 Å². The van der Waals surface area contributed by atoms with Crippen molar-refractivity contribution in [2.75, 3.05) is 0 Å². The van der Waals surface area contributed by atoms with Crippen LogP contribution < -0.4 is 0 Å². The fraction of sp³-hybridized carbons (Fsp3) is 0.235. The van der Waals surface area contributed by atoms with Crippen LogP contribution in [0, 0.1) is 0 Å². The average Bonchev–Trinajstić information content (AvgIpc) is 2.47. The molecule has 2 rings (SSSR count). The Balaban J connectivity index is 1.83. The van der Waals surface area contributed by atoms with E-state index in [0.717, 1.165) is 17.5 Å². The van der Waals surface area contributed by atoms with Gasteiger partial charge in [0, 0.05) is 0 Å². The second-order valence-corrected chi connectivity index (χ2v) is 4.49. The minimum Gasteiger partial charge on any atom is -0.461 e. The van der Waals surface area contributed by atoms with Crippen LogP contribution in [0.25, 0.3) is 0 Å². The SMILES string of the molecule is CCc1ccc(CC(=O)OCc2ccccc2)cc1. The number of esters is 1. The molecule has 0 N–H and O–H groups in total.